The van der Waals surface area contributed by atoms with Crippen LogP contribution in [0.2, 0.25) is 5.02 Å². The summed E-state index contributed by atoms with van der Waals surface area (Å²) in [6.07, 6.45) is 4.81. The first-order chi connectivity index (χ1) is 17.5. The fourth-order valence-corrected chi connectivity index (χ4v) is 3.81. The molecule has 0 unspecified atom stereocenters. The van der Waals surface area contributed by atoms with Gasteiger partial charge in [-0.2, -0.15) is 10.1 Å². The molecule has 0 aliphatic carbocycles. The lowest BCUT2D eigenvalue weighted by Crippen LogP contribution is -2.34. The molecule has 5 rings (SSSR count). The van der Waals surface area contributed by atoms with Crippen LogP contribution in [0.25, 0.3) is 5.82 Å². The van der Waals surface area contributed by atoms with Gasteiger partial charge in [0.25, 0.3) is 0 Å². The van der Waals surface area contributed by atoms with Gasteiger partial charge in [-0.15, -0.1) is 0 Å². The van der Waals surface area contributed by atoms with Crippen LogP contribution >= 0.6 is 11.6 Å². The number of carbonyl (C=O) groups is 1. The van der Waals surface area contributed by atoms with Crippen molar-refractivity contribution < 1.29 is 19.4 Å². The molecule has 2 aromatic carbocycles. The molecule has 0 radical (unpaired) electrons. The van der Waals surface area contributed by atoms with E-state index in [1.54, 1.807) is 36.7 Å². The second kappa shape index (κ2) is 10.1. The van der Waals surface area contributed by atoms with Crippen molar-refractivity contribution in [3.8, 4) is 17.3 Å². The first-order valence-corrected chi connectivity index (χ1v) is 11.4. The van der Waals surface area contributed by atoms with Crippen LogP contribution in [0.5, 0.6) is 11.5 Å². The van der Waals surface area contributed by atoms with Gasteiger partial charge in [0.2, 0.25) is 12.7 Å². The van der Waals surface area contributed by atoms with Gasteiger partial charge in [-0.05, 0) is 36.8 Å². The number of aryl methyl sites for hydroxylation is 1. The standard InChI is InChI=1S/C24H22ClN7O4/c1-14-9-26-23(28-17-5-6-20-21(8-17)36-13-35-20)31-22(14)32-11-18(10-27-32)29-24(34)30-19(12-33)15-3-2-4-16(25)7-15/h2-11,19,33H,12-13H2,1H3,(H,26,28,31)(H2,29,30,34)/t19-/m1/s1. The van der Waals surface area contributed by atoms with Crippen LogP contribution in [0.1, 0.15) is 17.2 Å². The Morgan fingerprint density at radius 2 is 2.03 bits per heavy atom. The van der Waals surface area contributed by atoms with Crippen molar-refractivity contribution in [2.24, 2.45) is 0 Å². The van der Waals surface area contributed by atoms with Crippen molar-refractivity contribution in [2.75, 3.05) is 24.0 Å². The van der Waals surface area contributed by atoms with E-state index in [0.29, 0.717) is 39.5 Å². The van der Waals surface area contributed by atoms with Gasteiger partial charge < -0.3 is 30.5 Å². The number of benzene rings is 2. The van der Waals surface area contributed by atoms with Crippen LogP contribution in [0.15, 0.2) is 61.1 Å². The minimum absolute atomic E-state index is 0.193. The lowest BCUT2D eigenvalue weighted by Gasteiger charge is -2.17. The van der Waals surface area contributed by atoms with Gasteiger partial charge in [0.05, 0.1) is 30.7 Å². The lowest BCUT2D eigenvalue weighted by atomic mass is 10.1. The number of nitrogens with one attached hydrogen (secondary N) is 3. The summed E-state index contributed by atoms with van der Waals surface area (Å²) in [5.41, 5.74) is 2.66. The molecule has 4 N–H and O–H groups in total. The van der Waals surface area contributed by atoms with Crippen molar-refractivity contribution in [3.63, 3.8) is 0 Å². The van der Waals surface area contributed by atoms with Crippen LogP contribution in [0.3, 0.4) is 0 Å². The van der Waals surface area contributed by atoms with Crippen molar-refractivity contribution in [3.05, 3.63) is 77.2 Å². The molecule has 0 saturated carbocycles. The van der Waals surface area contributed by atoms with Crippen molar-refractivity contribution >= 4 is 35.0 Å². The minimum Gasteiger partial charge on any atom is -0.454 e. The zero-order valence-electron chi connectivity index (χ0n) is 19.1. The Hall–Kier alpha value is -4.35. The van der Waals surface area contributed by atoms with Gasteiger partial charge in [0, 0.05) is 28.5 Å². The summed E-state index contributed by atoms with van der Waals surface area (Å²) in [6, 6.07) is 11.3. The zero-order valence-corrected chi connectivity index (χ0v) is 19.9. The predicted molar refractivity (Wildman–Crippen MR) is 133 cm³/mol. The minimum atomic E-state index is -0.618. The van der Waals surface area contributed by atoms with E-state index in [1.165, 1.54) is 10.9 Å². The molecule has 12 heteroatoms. The Bertz CT molecular complexity index is 1410. The number of hydrogen-bond donors (Lipinski definition) is 4. The molecule has 0 fully saturated rings. The molecule has 0 spiro atoms. The summed E-state index contributed by atoms with van der Waals surface area (Å²) in [5, 5.41) is 23.1. The fourth-order valence-electron chi connectivity index (χ4n) is 3.61. The number of ether oxygens (including phenoxy) is 2. The van der Waals surface area contributed by atoms with E-state index in [9.17, 15) is 9.90 Å². The number of urea groups is 1. The largest absolute Gasteiger partial charge is 0.454 e. The summed E-state index contributed by atoms with van der Waals surface area (Å²) in [5.74, 6) is 2.23. The molecular formula is C24H22ClN7O4. The van der Waals surface area contributed by atoms with Gasteiger partial charge in [0.1, 0.15) is 0 Å². The number of nitrogens with zero attached hydrogens (tertiary/aromatic N) is 4. The zero-order chi connectivity index (χ0) is 25.1. The number of rotatable bonds is 7. The van der Waals surface area contributed by atoms with E-state index >= 15 is 0 Å². The fraction of sp³-hybridized carbons (Fsp3) is 0.167. The number of hydrogen-bond acceptors (Lipinski definition) is 8. The molecule has 2 aromatic heterocycles. The van der Waals surface area contributed by atoms with Crippen LogP contribution in [0, 0.1) is 6.92 Å². The number of aliphatic hydroxyl groups excluding tert-OH is 1. The molecule has 4 aromatic rings. The van der Waals surface area contributed by atoms with E-state index in [1.807, 2.05) is 25.1 Å². The van der Waals surface area contributed by atoms with Gasteiger partial charge >= 0.3 is 6.03 Å². The molecule has 0 saturated heterocycles. The summed E-state index contributed by atoms with van der Waals surface area (Å²) in [4.78, 5) is 21.4. The highest BCUT2D eigenvalue weighted by atomic mass is 35.5. The van der Waals surface area contributed by atoms with E-state index in [-0.39, 0.29) is 13.4 Å². The summed E-state index contributed by atoms with van der Waals surface area (Å²) >= 11 is 6.02. The molecule has 0 bridgehead atoms. The lowest BCUT2D eigenvalue weighted by molar-refractivity contribution is 0.174. The van der Waals surface area contributed by atoms with E-state index in [0.717, 1.165) is 11.3 Å². The van der Waals surface area contributed by atoms with E-state index < -0.39 is 12.1 Å². The number of amides is 2. The maximum atomic E-state index is 12.5. The molecule has 1 aliphatic rings. The highest BCUT2D eigenvalue weighted by molar-refractivity contribution is 6.30. The van der Waals surface area contributed by atoms with Gasteiger partial charge in [0.15, 0.2) is 17.3 Å². The third-order valence-electron chi connectivity index (χ3n) is 5.37. The molecule has 11 nitrogen and oxygen atoms in total. The molecular weight excluding hydrogens is 486 g/mol. The van der Waals surface area contributed by atoms with Crippen molar-refractivity contribution in [1.29, 1.82) is 0 Å². The third kappa shape index (κ3) is 5.16. The van der Waals surface area contributed by atoms with Gasteiger partial charge in [-0.1, -0.05) is 23.7 Å². The highest BCUT2D eigenvalue weighted by Gasteiger charge is 2.16. The van der Waals surface area contributed by atoms with Crippen molar-refractivity contribution in [1.82, 2.24) is 25.1 Å². The SMILES string of the molecule is Cc1cnc(Nc2ccc3c(c2)OCO3)nc1-n1cc(NC(=O)N[C@H](CO)c2cccc(Cl)c2)cn1. The first-order valence-electron chi connectivity index (χ1n) is 11.0. The van der Waals surface area contributed by atoms with Crippen LogP contribution in [-0.4, -0.2) is 44.3 Å². The normalized spacial score (nSPS) is 12.8. The Balaban J connectivity index is 1.27. The second-order valence-electron chi connectivity index (χ2n) is 7.96. The van der Waals surface area contributed by atoms with Crippen LogP contribution in [-0.2, 0) is 0 Å². The molecule has 3 heterocycles. The summed E-state index contributed by atoms with van der Waals surface area (Å²) < 4.78 is 12.3. The Kier molecular flexibility index (Phi) is 6.56. The van der Waals surface area contributed by atoms with Crippen LogP contribution < -0.4 is 25.4 Å². The van der Waals surface area contributed by atoms with Crippen molar-refractivity contribution in [2.45, 2.75) is 13.0 Å². The second-order valence-corrected chi connectivity index (χ2v) is 8.39. The van der Waals surface area contributed by atoms with Crippen LogP contribution in [0.4, 0.5) is 22.1 Å². The average molecular weight is 508 g/mol. The molecule has 1 aliphatic heterocycles. The number of fused-ring (bicyclic) bond motifs is 1. The number of carbonyl (C=O) groups excluding carboxylic acids is 1. The Morgan fingerprint density at radius 1 is 1.17 bits per heavy atom. The molecule has 1 atom stereocenters. The molecule has 36 heavy (non-hydrogen) atoms. The predicted octanol–water partition coefficient (Wildman–Crippen LogP) is 3.95. The first kappa shape index (κ1) is 23.4. The highest BCUT2D eigenvalue weighted by Crippen LogP contribution is 2.34. The maximum Gasteiger partial charge on any atom is 0.319 e. The molecule has 2 amide bonds. The Labute approximate surface area is 211 Å². The van der Waals surface area contributed by atoms with E-state index in [4.69, 9.17) is 21.1 Å². The average Bonchev–Trinajstić information content (AvgIpc) is 3.53. The topological polar surface area (TPSA) is 135 Å². The van der Waals surface area contributed by atoms with E-state index in [2.05, 4.69) is 31.0 Å². The quantitative estimate of drug-likeness (QED) is 0.295. The Morgan fingerprint density at radius 3 is 2.86 bits per heavy atom. The number of anilines is 3. The molecule has 184 valence electrons. The number of aliphatic hydroxyl groups is 1. The third-order valence-corrected chi connectivity index (χ3v) is 5.61. The number of aromatic nitrogens is 4. The summed E-state index contributed by atoms with van der Waals surface area (Å²) in [7, 11) is 0. The smallest absolute Gasteiger partial charge is 0.319 e. The monoisotopic (exact) mass is 507 g/mol. The summed E-state index contributed by atoms with van der Waals surface area (Å²) in [6.45, 7) is 1.77. The maximum absolute atomic E-state index is 12.5. The van der Waals surface area contributed by atoms with Gasteiger partial charge in [-0.25, -0.2) is 14.5 Å². The van der Waals surface area contributed by atoms with Gasteiger partial charge in [-0.3, -0.25) is 0 Å². The number of halogens is 1.